The monoisotopic (exact) mass is 464 g/mol. The largest absolute Gasteiger partial charge is 0.383 e. The summed E-state index contributed by atoms with van der Waals surface area (Å²) in [5.74, 6) is 0.207. The molecule has 0 saturated heterocycles. The number of carbonyl (C=O) groups is 1. The van der Waals surface area contributed by atoms with Gasteiger partial charge in [-0.2, -0.15) is 0 Å². The number of thiophene rings is 1. The third-order valence-electron chi connectivity index (χ3n) is 5.23. The van der Waals surface area contributed by atoms with Crippen molar-refractivity contribution in [3.8, 4) is 0 Å². The van der Waals surface area contributed by atoms with Crippen LogP contribution < -0.4 is 11.5 Å². The van der Waals surface area contributed by atoms with Crippen molar-refractivity contribution in [2.75, 3.05) is 11.5 Å². The lowest BCUT2D eigenvalue weighted by atomic mass is 9.98. The topological polar surface area (TPSA) is 94.9 Å². The SMILES string of the molecule is NC(=O)CSc1nc(N)c2c3c(sc2n1)C(c1ccccc1)SC(c1ccccc1)C3. The highest BCUT2D eigenvalue weighted by atomic mass is 32.2. The number of benzene rings is 2. The summed E-state index contributed by atoms with van der Waals surface area (Å²) in [6.07, 6.45) is 0.884. The van der Waals surface area contributed by atoms with E-state index in [-0.39, 0.29) is 11.0 Å². The Balaban J connectivity index is 1.64. The van der Waals surface area contributed by atoms with Crippen molar-refractivity contribution in [3.05, 3.63) is 82.2 Å². The van der Waals surface area contributed by atoms with Crippen LogP contribution >= 0.6 is 34.9 Å². The van der Waals surface area contributed by atoms with Crippen LogP contribution in [0.3, 0.4) is 0 Å². The van der Waals surface area contributed by atoms with Crippen LogP contribution in [0.4, 0.5) is 5.82 Å². The summed E-state index contributed by atoms with van der Waals surface area (Å²) in [5, 5.41) is 1.96. The van der Waals surface area contributed by atoms with E-state index in [1.807, 2.05) is 23.9 Å². The molecule has 2 unspecified atom stereocenters. The molecule has 31 heavy (non-hydrogen) atoms. The fourth-order valence-corrected chi connectivity index (χ4v) is 7.55. The van der Waals surface area contributed by atoms with Crippen LogP contribution in [0, 0.1) is 0 Å². The van der Waals surface area contributed by atoms with Crippen LogP contribution in [0.2, 0.25) is 0 Å². The van der Waals surface area contributed by atoms with Crippen molar-refractivity contribution in [1.82, 2.24) is 9.97 Å². The Morgan fingerprint density at radius 1 is 1.03 bits per heavy atom. The number of aromatic nitrogens is 2. The second-order valence-electron chi connectivity index (χ2n) is 7.30. The molecule has 0 fully saturated rings. The number of nitrogens with two attached hydrogens (primary N) is 2. The summed E-state index contributed by atoms with van der Waals surface area (Å²) in [6, 6.07) is 21.2. The van der Waals surface area contributed by atoms with Crippen molar-refractivity contribution in [2.45, 2.75) is 22.1 Å². The van der Waals surface area contributed by atoms with Gasteiger partial charge in [-0.3, -0.25) is 4.79 Å². The first-order valence-corrected chi connectivity index (χ1v) is 12.6. The standard InChI is InChI=1S/C23H20N4OS3/c24-17(28)12-29-23-26-21(25)18-15-11-16(13-7-3-1-4-8-13)30-19(14-9-5-2-6-10-14)20(15)31-22(18)27-23/h1-10,16,19H,11-12H2,(H2,24,28)(H2,25,26,27). The number of rotatable bonds is 5. The summed E-state index contributed by atoms with van der Waals surface area (Å²) < 4.78 is 0. The average molecular weight is 465 g/mol. The van der Waals surface area contributed by atoms with Crippen LogP contribution in [0.15, 0.2) is 65.8 Å². The summed E-state index contributed by atoms with van der Waals surface area (Å²) in [5.41, 5.74) is 15.5. The molecular formula is C23H20N4OS3. The Morgan fingerprint density at radius 2 is 1.71 bits per heavy atom. The second kappa shape index (κ2) is 8.53. The van der Waals surface area contributed by atoms with E-state index in [1.54, 1.807) is 11.3 Å². The Bertz CT molecular complexity index is 1240. The molecule has 1 amide bonds. The third kappa shape index (κ3) is 4.03. The van der Waals surface area contributed by atoms with Gasteiger partial charge in [0.15, 0.2) is 5.16 Å². The molecule has 4 N–H and O–H groups in total. The molecule has 0 saturated carbocycles. The zero-order valence-corrected chi connectivity index (χ0v) is 19.0. The molecule has 3 heterocycles. The van der Waals surface area contributed by atoms with Crippen molar-refractivity contribution < 1.29 is 4.79 Å². The van der Waals surface area contributed by atoms with Crippen molar-refractivity contribution in [3.63, 3.8) is 0 Å². The normalized spacial score (nSPS) is 18.1. The number of carbonyl (C=O) groups excluding carboxylic acids is 1. The van der Waals surface area contributed by atoms with E-state index < -0.39 is 5.91 Å². The van der Waals surface area contributed by atoms with E-state index in [0.717, 1.165) is 16.6 Å². The van der Waals surface area contributed by atoms with Gasteiger partial charge in [-0.25, -0.2) is 9.97 Å². The number of primary amides is 1. The molecule has 1 aliphatic rings. The van der Waals surface area contributed by atoms with Crippen molar-refractivity contribution >= 4 is 56.8 Å². The third-order valence-corrected chi connectivity index (χ3v) is 8.99. The van der Waals surface area contributed by atoms with Crippen LogP contribution in [0.25, 0.3) is 10.2 Å². The summed E-state index contributed by atoms with van der Waals surface area (Å²) >= 11 is 4.88. The number of fused-ring (bicyclic) bond motifs is 3. The number of nitrogen functional groups attached to an aromatic ring is 1. The lowest BCUT2D eigenvalue weighted by Gasteiger charge is -2.30. The van der Waals surface area contributed by atoms with Gasteiger partial charge in [-0.05, 0) is 23.1 Å². The molecule has 4 aromatic rings. The molecule has 8 heteroatoms. The number of amides is 1. The summed E-state index contributed by atoms with van der Waals surface area (Å²) in [6.45, 7) is 0. The molecule has 0 spiro atoms. The lowest BCUT2D eigenvalue weighted by molar-refractivity contribution is -0.115. The van der Waals surface area contributed by atoms with Crippen molar-refractivity contribution in [1.29, 1.82) is 0 Å². The highest BCUT2D eigenvalue weighted by molar-refractivity contribution is 8.00. The maximum Gasteiger partial charge on any atom is 0.227 e. The molecule has 5 nitrogen and oxygen atoms in total. The minimum absolute atomic E-state index is 0.134. The smallest absolute Gasteiger partial charge is 0.227 e. The first kappa shape index (κ1) is 20.4. The molecule has 2 aromatic carbocycles. The number of nitrogens with zero attached hydrogens (tertiary/aromatic N) is 2. The molecule has 5 rings (SSSR count). The van der Waals surface area contributed by atoms with E-state index in [1.165, 1.54) is 33.3 Å². The minimum atomic E-state index is -0.399. The van der Waals surface area contributed by atoms with Gasteiger partial charge in [0.1, 0.15) is 10.6 Å². The Labute approximate surface area is 192 Å². The average Bonchev–Trinajstić information content (AvgIpc) is 3.17. The van der Waals surface area contributed by atoms with Gasteiger partial charge in [0.2, 0.25) is 5.91 Å². The fraction of sp³-hybridized carbons (Fsp3) is 0.174. The second-order valence-corrected chi connectivity index (χ2v) is 10.6. The molecule has 0 radical (unpaired) electrons. The van der Waals surface area contributed by atoms with E-state index in [2.05, 4.69) is 53.5 Å². The number of hydrogen-bond donors (Lipinski definition) is 2. The van der Waals surface area contributed by atoms with Gasteiger partial charge >= 0.3 is 0 Å². The van der Waals surface area contributed by atoms with Crippen molar-refractivity contribution in [2.24, 2.45) is 5.73 Å². The fourth-order valence-electron chi connectivity index (χ4n) is 3.88. The zero-order valence-electron chi connectivity index (χ0n) is 16.5. The number of thioether (sulfide) groups is 2. The van der Waals surface area contributed by atoms with E-state index >= 15 is 0 Å². The van der Waals surface area contributed by atoms with Gasteiger partial charge in [-0.15, -0.1) is 23.1 Å². The van der Waals surface area contributed by atoms with Gasteiger partial charge in [0, 0.05) is 10.1 Å². The van der Waals surface area contributed by atoms with E-state index in [0.29, 0.717) is 16.2 Å². The van der Waals surface area contributed by atoms with E-state index in [4.69, 9.17) is 16.5 Å². The lowest BCUT2D eigenvalue weighted by Crippen LogP contribution is -2.13. The van der Waals surface area contributed by atoms with Gasteiger partial charge < -0.3 is 11.5 Å². The molecule has 2 atom stereocenters. The minimum Gasteiger partial charge on any atom is -0.383 e. The highest BCUT2D eigenvalue weighted by Crippen LogP contribution is 2.55. The zero-order chi connectivity index (χ0) is 21.4. The maximum atomic E-state index is 11.2. The van der Waals surface area contributed by atoms with Gasteiger partial charge in [0.25, 0.3) is 0 Å². The van der Waals surface area contributed by atoms with Gasteiger partial charge in [0.05, 0.1) is 16.4 Å². The molecule has 0 aliphatic carbocycles. The molecule has 0 bridgehead atoms. The number of anilines is 1. The predicted molar refractivity (Wildman–Crippen MR) is 131 cm³/mol. The number of hydrogen-bond acceptors (Lipinski definition) is 7. The van der Waals surface area contributed by atoms with Crippen LogP contribution in [-0.2, 0) is 11.2 Å². The molecule has 156 valence electrons. The van der Waals surface area contributed by atoms with E-state index in [9.17, 15) is 4.79 Å². The first-order valence-electron chi connectivity index (χ1n) is 9.85. The summed E-state index contributed by atoms with van der Waals surface area (Å²) in [4.78, 5) is 22.5. The Kier molecular flexibility index (Phi) is 5.60. The van der Waals surface area contributed by atoms with Crippen LogP contribution in [-0.4, -0.2) is 21.6 Å². The predicted octanol–water partition coefficient (Wildman–Crippen LogP) is 4.97. The quantitative estimate of drug-likeness (QED) is 0.320. The molecule has 1 aliphatic heterocycles. The van der Waals surface area contributed by atoms with Gasteiger partial charge in [-0.1, -0.05) is 72.4 Å². The molecular weight excluding hydrogens is 444 g/mol. The Hall–Kier alpha value is -2.55. The molecule has 2 aromatic heterocycles. The Morgan fingerprint density at radius 3 is 2.39 bits per heavy atom. The first-order chi connectivity index (χ1) is 15.1. The highest BCUT2D eigenvalue weighted by Gasteiger charge is 2.34. The maximum absolute atomic E-state index is 11.2. The van der Waals surface area contributed by atoms with Crippen LogP contribution in [0.5, 0.6) is 0 Å². The van der Waals surface area contributed by atoms with Crippen LogP contribution in [0.1, 0.15) is 32.1 Å². The summed E-state index contributed by atoms with van der Waals surface area (Å²) in [7, 11) is 0.